The number of H-pyrrole nitrogens is 1. The van der Waals surface area contributed by atoms with Crippen molar-refractivity contribution in [3.63, 3.8) is 0 Å². The Morgan fingerprint density at radius 3 is 2.28 bits per heavy atom. The predicted molar refractivity (Wildman–Crippen MR) is 111 cm³/mol. The van der Waals surface area contributed by atoms with Crippen LogP contribution in [0.25, 0.3) is 10.9 Å². The molecule has 0 spiro atoms. The first-order valence-electron chi connectivity index (χ1n) is 9.98. The summed E-state index contributed by atoms with van der Waals surface area (Å²) in [5, 5.41) is 27.4. The summed E-state index contributed by atoms with van der Waals surface area (Å²) in [5.41, 5.74) is -0.248. The van der Waals surface area contributed by atoms with E-state index in [0.717, 1.165) is 25.1 Å². The molecule has 2 aliphatic rings. The topological polar surface area (TPSA) is 151 Å². The Hall–Kier alpha value is -3.89. The van der Waals surface area contributed by atoms with Gasteiger partial charge in [0.15, 0.2) is 0 Å². The minimum atomic E-state index is -1.40. The van der Waals surface area contributed by atoms with Crippen LogP contribution in [0.4, 0.5) is 10.1 Å². The summed E-state index contributed by atoms with van der Waals surface area (Å²) < 4.78 is 15.3. The minimum absolute atomic E-state index is 0.0223. The number of pyridine rings is 1. The molecule has 4 rings (SSSR count). The van der Waals surface area contributed by atoms with E-state index in [9.17, 15) is 29.4 Å². The van der Waals surface area contributed by atoms with Crippen molar-refractivity contribution >= 4 is 34.5 Å². The standard InChI is InChI=1S/C21H20FN3O7/c22-13-7-11-17(23-9-12(19(11)28)20(29)30)16(10-1-2-10)18(13)25-5-3-24(4-6-25)14(21(31)32)8-15(26)27/h7-10H,1-6H2,(H,23,28)(H,26,27)(H,29,30)(H,31,32). The van der Waals surface area contributed by atoms with Crippen LogP contribution in [0.2, 0.25) is 0 Å². The molecule has 0 bridgehead atoms. The Kier molecular flexibility index (Phi) is 5.33. The van der Waals surface area contributed by atoms with Crippen LogP contribution in [-0.4, -0.2) is 69.3 Å². The summed E-state index contributed by atoms with van der Waals surface area (Å²) in [4.78, 5) is 52.3. The first-order valence-corrected chi connectivity index (χ1v) is 9.98. The first kappa shape index (κ1) is 21.3. The number of hydrogen-bond donors (Lipinski definition) is 4. The van der Waals surface area contributed by atoms with Crippen LogP contribution >= 0.6 is 0 Å². The Labute approximate surface area is 180 Å². The molecular weight excluding hydrogens is 425 g/mol. The molecule has 0 amide bonds. The first-order chi connectivity index (χ1) is 15.2. The zero-order valence-corrected chi connectivity index (χ0v) is 16.8. The lowest BCUT2D eigenvalue weighted by molar-refractivity contribution is -0.136. The molecule has 2 aromatic rings. The highest BCUT2D eigenvalue weighted by Crippen LogP contribution is 2.48. The summed E-state index contributed by atoms with van der Waals surface area (Å²) in [6, 6.07) is 1.04. The van der Waals surface area contributed by atoms with Crippen molar-refractivity contribution in [2.75, 3.05) is 31.1 Å². The second kappa shape index (κ2) is 7.98. The molecule has 1 aromatic carbocycles. The number of rotatable bonds is 6. The molecule has 168 valence electrons. The van der Waals surface area contributed by atoms with E-state index in [0.29, 0.717) is 22.8 Å². The quantitative estimate of drug-likeness (QED) is 0.484. The number of halogens is 1. The van der Waals surface area contributed by atoms with E-state index >= 15 is 4.39 Å². The summed E-state index contributed by atoms with van der Waals surface area (Å²) in [5.74, 6) is -4.76. The fraction of sp³-hybridized carbons (Fsp3) is 0.333. The molecule has 0 atom stereocenters. The van der Waals surface area contributed by atoms with E-state index in [1.807, 2.05) is 0 Å². The molecule has 10 nitrogen and oxygen atoms in total. The molecular formula is C21H20FN3O7. The van der Waals surface area contributed by atoms with Crippen molar-refractivity contribution < 1.29 is 34.1 Å². The number of fused-ring (bicyclic) bond motifs is 1. The van der Waals surface area contributed by atoms with E-state index in [1.165, 1.54) is 4.90 Å². The van der Waals surface area contributed by atoms with Gasteiger partial charge in [-0.2, -0.15) is 0 Å². The fourth-order valence-corrected chi connectivity index (χ4v) is 4.17. The second-order valence-corrected chi connectivity index (χ2v) is 7.80. The number of nitrogens with zero attached hydrogens (tertiary/aromatic N) is 2. The average molecular weight is 445 g/mol. The molecule has 1 aliphatic heterocycles. The number of aromatic carboxylic acids is 1. The van der Waals surface area contributed by atoms with Gasteiger partial charge in [-0.25, -0.2) is 18.8 Å². The number of carbonyl (C=O) groups is 3. The van der Waals surface area contributed by atoms with Crippen molar-refractivity contribution in [1.82, 2.24) is 9.88 Å². The molecule has 4 N–H and O–H groups in total. The minimum Gasteiger partial charge on any atom is -0.478 e. The summed E-state index contributed by atoms with van der Waals surface area (Å²) >= 11 is 0. The maximum absolute atomic E-state index is 15.3. The number of benzene rings is 1. The summed E-state index contributed by atoms with van der Waals surface area (Å²) in [7, 11) is 0. The van der Waals surface area contributed by atoms with Crippen LogP contribution in [0.1, 0.15) is 34.7 Å². The monoisotopic (exact) mass is 445 g/mol. The van der Waals surface area contributed by atoms with E-state index in [1.54, 1.807) is 4.90 Å². The third-order valence-electron chi connectivity index (χ3n) is 5.77. The zero-order chi connectivity index (χ0) is 23.2. The molecule has 0 unspecified atom stereocenters. The van der Waals surface area contributed by atoms with Gasteiger partial charge in [0.1, 0.15) is 17.1 Å². The van der Waals surface area contributed by atoms with Gasteiger partial charge in [-0.05, 0) is 24.8 Å². The third-order valence-corrected chi connectivity index (χ3v) is 5.77. The predicted octanol–water partition coefficient (Wildman–Crippen LogP) is 1.42. The number of nitrogens with one attached hydrogen (secondary N) is 1. The lowest BCUT2D eigenvalue weighted by Crippen LogP contribution is -2.47. The molecule has 11 heteroatoms. The van der Waals surface area contributed by atoms with Crippen molar-refractivity contribution in [3.8, 4) is 0 Å². The number of aromatic amines is 1. The fourth-order valence-electron chi connectivity index (χ4n) is 4.17. The smallest absolute Gasteiger partial charge is 0.352 e. The van der Waals surface area contributed by atoms with Gasteiger partial charge in [0.2, 0.25) is 5.43 Å². The molecule has 0 radical (unpaired) electrons. The SMILES string of the molecule is O=C(O)C=C(C(=O)O)N1CCN(c2c(F)cc3c(=O)c(C(=O)O)c[nH]c3c2C2CC2)CC1. The maximum atomic E-state index is 15.3. The summed E-state index contributed by atoms with van der Waals surface area (Å²) in [6.07, 6.45) is 3.36. The van der Waals surface area contributed by atoms with Crippen LogP contribution in [0.5, 0.6) is 0 Å². The Balaban J connectivity index is 1.72. The summed E-state index contributed by atoms with van der Waals surface area (Å²) in [6.45, 7) is 0.816. The van der Waals surface area contributed by atoms with Crippen molar-refractivity contribution in [3.05, 3.63) is 51.2 Å². The number of carboxylic acids is 3. The highest BCUT2D eigenvalue weighted by Gasteiger charge is 2.34. The second-order valence-electron chi connectivity index (χ2n) is 7.80. The van der Waals surface area contributed by atoms with Crippen molar-refractivity contribution in [1.29, 1.82) is 0 Å². The normalized spacial score (nSPS) is 17.0. The van der Waals surface area contributed by atoms with E-state index < -0.39 is 34.7 Å². The molecule has 2 heterocycles. The number of aromatic nitrogens is 1. The number of aliphatic carboxylic acids is 2. The lowest BCUT2D eigenvalue weighted by atomic mass is 9.99. The lowest BCUT2D eigenvalue weighted by Gasteiger charge is -2.38. The van der Waals surface area contributed by atoms with Crippen LogP contribution in [-0.2, 0) is 9.59 Å². The van der Waals surface area contributed by atoms with E-state index in [2.05, 4.69) is 4.98 Å². The van der Waals surface area contributed by atoms with Crippen LogP contribution in [0.15, 0.2) is 28.8 Å². The van der Waals surface area contributed by atoms with Gasteiger partial charge < -0.3 is 30.1 Å². The molecule has 1 saturated carbocycles. The molecule has 1 aliphatic carbocycles. The molecule has 32 heavy (non-hydrogen) atoms. The van der Waals surface area contributed by atoms with Gasteiger partial charge in [-0.15, -0.1) is 0 Å². The zero-order valence-electron chi connectivity index (χ0n) is 16.8. The third kappa shape index (κ3) is 3.77. The van der Waals surface area contributed by atoms with Gasteiger partial charge >= 0.3 is 17.9 Å². The van der Waals surface area contributed by atoms with Crippen molar-refractivity contribution in [2.45, 2.75) is 18.8 Å². The number of carboxylic acid groups (broad SMARTS) is 3. The van der Waals surface area contributed by atoms with Gasteiger partial charge in [0.05, 0.1) is 17.3 Å². The van der Waals surface area contributed by atoms with E-state index in [4.69, 9.17) is 5.11 Å². The van der Waals surface area contributed by atoms with Crippen LogP contribution in [0.3, 0.4) is 0 Å². The number of anilines is 1. The molecule has 1 saturated heterocycles. The molecule has 1 aromatic heterocycles. The molecule has 2 fully saturated rings. The maximum Gasteiger partial charge on any atom is 0.352 e. The highest BCUT2D eigenvalue weighted by atomic mass is 19.1. The largest absolute Gasteiger partial charge is 0.478 e. The van der Waals surface area contributed by atoms with Gasteiger partial charge in [-0.3, -0.25) is 4.79 Å². The number of hydrogen-bond acceptors (Lipinski definition) is 6. The van der Waals surface area contributed by atoms with Crippen LogP contribution in [0, 0.1) is 5.82 Å². The van der Waals surface area contributed by atoms with Gasteiger partial charge in [0.25, 0.3) is 0 Å². The van der Waals surface area contributed by atoms with Gasteiger partial charge in [-0.1, -0.05) is 0 Å². The highest BCUT2D eigenvalue weighted by molar-refractivity contribution is 5.95. The Morgan fingerprint density at radius 2 is 1.75 bits per heavy atom. The van der Waals surface area contributed by atoms with E-state index in [-0.39, 0.29) is 43.2 Å². The van der Waals surface area contributed by atoms with Crippen LogP contribution < -0.4 is 10.3 Å². The average Bonchev–Trinajstić information content (AvgIpc) is 3.56. The Bertz CT molecular complexity index is 1220. The Morgan fingerprint density at radius 1 is 1.09 bits per heavy atom. The number of piperazine rings is 1. The van der Waals surface area contributed by atoms with Gasteiger partial charge in [0, 0.05) is 43.3 Å². The van der Waals surface area contributed by atoms with Crippen molar-refractivity contribution in [2.24, 2.45) is 0 Å².